The molecule has 0 amide bonds. The monoisotopic (exact) mass is 319 g/mol. The van der Waals surface area contributed by atoms with Crippen molar-refractivity contribution in [1.29, 1.82) is 0 Å². The fourth-order valence-electron chi connectivity index (χ4n) is 3.09. The Hall–Kier alpha value is -1.73. The number of morpholine rings is 1. The maximum absolute atomic E-state index is 12.6. The minimum atomic E-state index is -0.300. The van der Waals surface area contributed by atoms with Crippen LogP contribution in [0.4, 0.5) is 5.82 Å². The fraction of sp³-hybridized carbons (Fsp3) is 0.688. The molecule has 1 radical (unpaired) electrons. The number of piperidine rings is 1. The van der Waals surface area contributed by atoms with E-state index < -0.39 is 0 Å². The van der Waals surface area contributed by atoms with E-state index in [1.54, 1.807) is 12.3 Å². The smallest absolute Gasteiger partial charge is 0.329 e. The summed E-state index contributed by atoms with van der Waals surface area (Å²) < 4.78 is 11.3. The Kier molecular flexibility index (Phi) is 5.40. The molecule has 0 aromatic carbocycles. The zero-order valence-electron chi connectivity index (χ0n) is 13.4. The first kappa shape index (κ1) is 16.1. The van der Waals surface area contributed by atoms with Crippen LogP contribution in [-0.2, 0) is 14.3 Å². The lowest BCUT2D eigenvalue weighted by Crippen LogP contribution is -2.50. The number of aromatic nitrogens is 2. The highest BCUT2D eigenvalue weighted by Crippen LogP contribution is 2.24. The molecule has 2 fully saturated rings. The van der Waals surface area contributed by atoms with E-state index in [-0.39, 0.29) is 24.2 Å². The Morgan fingerprint density at radius 3 is 3.22 bits per heavy atom. The number of rotatable bonds is 4. The Morgan fingerprint density at radius 1 is 1.57 bits per heavy atom. The molecule has 3 rings (SSSR count). The standard InChI is InChI=1S/C16H23N4O3/c1-12(14-10-17-7-9-22-14)23-16(21)13-4-2-3-8-20(13)15-5-6-18-11-19-15/h5-6,12-14,17H,2-4,7-10H2,1H3. The quantitative estimate of drug-likeness (QED) is 0.812. The number of carbonyl (C=O) groups excluding carboxylic acids is 1. The Morgan fingerprint density at radius 2 is 2.48 bits per heavy atom. The number of nitrogens with one attached hydrogen (secondary N) is 1. The highest BCUT2D eigenvalue weighted by atomic mass is 16.6. The first-order valence-corrected chi connectivity index (χ1v) is 8.24. The first-order valence-electron chi connectivity index (χ1n) is 8.24. The normalized spacial score (nSPS) is 26.6. The van der Waals surface area contributed by atoms with E-state index in [1.807, 2.05) is 11.8 Å². The van der Waals surface area contributed by atoms with E-state index in [1.165, 1.54) is 0 Å². The van der Waals surface area contributed by atoms with Crippen molar-refractivity contribution in [3.8, 4) is 0 Å². The van der Waals surface area contributed by atoms with E-state index in [9.17, 15) is 4.79 Å². The number of anilines is 1. The second-order valence-corrected chi connectivity index (χ2v) is 5.98. The maximum atomic E-state index is 12.6. The van der Waals surface area contributed by atoms with Crippen molar-refractivity contribution in [1.82, 2.24) is 15.3 Å². The van der Waals surface area contributed by atoms with Gasteiger partial charge >= 0.3 is 5.97 Å². The average Bonchev–Trinajstić information content (AvgIpc) is 2.63. The zero-order chi connectivity index (χ0) is 16.1. The molecule has 7 heteroatoms. The molecule has 125 valence electrons. The molecule has 3 heterocycles. The van der Waals surface area contributed by atoms with E-state index in [2.05, 4.69) is 21.6 Å². The number of esters is 1. The van der Waals surface area contributed by atoms with Gasteiger partial charge in [0.15, 0.2) is 6.33 Å². The van der Waals surface area contributed by atoms with Crippen molar-refractivity contribution in [3.63, 3.8) is 0 Å². The van der Waals surface area contributed by atoms with Crippen LogP contribution >= 0.6 is 0 Å². The van der Waals surface area contributed by atoms with Crippen LogP contribution in [0.2, 0.25) is 0 Å². The molecule has 2 aliphatic heterocycles. The van der Waals surface area contributed by atoms with Crippen molar-refractivity contribution in [3.05, 3.63) is 18.6 Å². The summed E-state index contributed by atoms with van der Waals surface area (Å²) in [6.07, 6.45) is 6.71. The molecule has 1 N–H and O–H groups in total. The van der Waals surface area contributed by atoms with Crippen molar-refractivity contribution in [2.75, 3.05) is 31.1 Å². The Bertz CT molecular complexity index is 507. The second kappa shape index (κ2) is 7.70. The third-order valence-corrected chi connectivity index (χ3v) is 4.37. The van der Waals surface area contributed by atoms with Crippen LogP contribution in [0.5, 0.6) is 0 Å². The summed E-state index contributed by atoms with van der Waals surface area (Å²) in [6.45, 7) is 4.89. The summed E-state index contributed by atoms with van der Waals surface area (Å²) in [5.74, 6) is 0.523. The SMILES string of the molecule is CC(OC(=O)C1CCCCN1c1ccn[c]n1)C1CNCCO1. The van der Waals surface area contributed by atoms with Gasteiger partial charge in [0, 0.05) is 25.8 Å². The summed E-state index contributed by atoms with van der Waals surface area (Å²) in [5, 5.41) is 3.26. The highest BCUT2D eigenvalue weighted by Gasteiger charge is 2.33. The Balaban J connectivity index is 1.64. The Labute approximate surface area is 136 Å². The molecule has 2 aliphatic rings. The summed E-state index contributed by atoms with van der Waals surface area (Å²) in [4.78, 5) is 22.6. The number of ether oxygens (including phenoxy) is 2. The fourth-order valence-corrected chi connectivity index (χ4v) is 3.09. The topological polar surface area (TPSA) is 76.6 Å². The second-order valence-electron chi connectivity index (χ2n) is 5.98. The summed E-state index contributed by atoms with van der Waals surface area (Å²) >= 11 is 0. The first-order chi connectivity index (χ1) is 11.3. The van der Waals surface area contributed by atoms with Crippen molar-refractivity contribution >= 4 is 11.8 Å². The molecule has 2 saturated heterocycles. The van der Waals surface area contributed by atoms with Crippen LogP contribution < -0.4 is 10.2 Å². The van der Waals surface area contributed by atoms with Gasteiger partial charge in [-0.25, -0.2) is 14.8 Å². The highest BCUT2D eigenvalue weighted by molar-refractivity contribution is 5.80. The van der Waals surface area contributed by atoms with E-state index in [0.29, 0.717) is 13.2 Å². The number of nitrogens with zero attached hydrogens (tertiary/aromatic N) is 3. The lowest BCUT2D eigenvalue weighted by Gasteiger charge is -2.36. The summed E-state index contributed by atoms with van der Waals surface area (Å²) in [5.41, 5.74) is 0. The van der Waals surface area contributed by atoms with Crippen LogP contribution in [0.3, 0.4) is 0 Å². The maximum Gasteiger partial charge on any atom is 0.329 e. The molecule has 0 bridgehead atoms. The molecule has 0 aliphatic carbocycles. The van der Waals surface area contributed by atoms with Crippen LogP contribution in [0.15, 0.2) is 12.3 Å². The van der Waals surface area contributed by atoms with Crippen LogP contribution in [0, 0.1) is 6.33 Å². The molecule has 0 saturated carbocycles. The zero-order valence-corrected chi connectivity index (χ0v) is 13.4. The van der Waals surface area contributed by atoms with Crippen LogP contribution in [0.1, 0.15) is 26.2 Å². The van der Waals surface area contributed by atoms with Gasteiger partial charge in [0.1, 0.15) is 24.1 Å². The molecular formula is C16H23N4O3. The van der Waals surface area contributed by atoms with Gasteiger partial charge in [0.05, 0.1) is 6.61 Å². The predicted molar refractivity (Wildman–Crippen MR) is 84.0 cm³/mol. The molecule has 7 nitrogen and oxygen atoms in total. The third kappa shape index (κ3) is 3.97. The van der Waals surface area contributed by atoms with Gasteiger partial charge in [-0.2, -0.15) is 0 Å². The molecule has 0 spiro atoms. The van der Waals surface area contributed by atoms with Gasteiger partial charge in [-0.15, -0.1) is 0 Å². The summed E-state index contributed by atoms with van der Waals surface area (Å²) in [6, 6.07) is 1.51. The van der Waals surface area contributed by atoms with E-state index in [0.717, 1.165) is 38.2 Å². The van der Waals surface area contributed by atoms with Crippen molar-refractivity contribution in [2.45, 2.75) is 44.4 Å². The number of hydrogen-bond acceptors (Lipinski definition) is 7. The van der Waals surface area contributed by atoms with Gasteiger partial charge in [-0.3, -0.25) is 0 Å². The van der Waals surface area contributed by atoms with Gasteiger partial charge in [-0.05, 0) is 32.3 Å². The lowest BCUT2D eigenvalue weighted by molar-refractivity contribution is -0.159. The van der Waals surface area contributed by atoms with Crippen LogP contribution in [0.25, 0.3) is 0 Å². The van der Waals surface area contributed by atoms with Crippen molar-refractivity contribution in [2.24, 2.45) is 0 Å². The van der Waals surface area contributed by atoms with Gasteiger partial charge in [-0.1, -0.05) is 0 Å². The molecular weight excluding hydrogens is 296 g/mol. The minimum Gasteiger partial charge on any atom is -0.458 e. The molecule has 23 heavy (non-hydrogen) atoms. The number of hydrogen-bond donors (Lipinski definition) is 1. The van der Waals surface area contributed by atoms with Gasteiger partial charge in [0.2, 0.25) is 0 Å². The number of carbonyl (C=O) groups is 1. The lowest BCUT2D eigenvalue weighted by atomic mass is 10.0. The van der Waals surface area contributed by atoms with E-state index >= 15 is 0 Å². The minimum absolute atomic E-state index is 0.0860. The molecule has 3 atom stereocenters. The van der Waals surface area contributed by atoms with E-state index in [4.69, 9.17) is 9.47 Å². The largest absolute Gasteiger partial charge is 0.458 e. The van der Waals surface area contributed by atoms with Gasteiger partial charge < -0.3 is 19.7 Å². The predicted octanol–water partition coefficient (Wildman–Crippen LogP) is 0.556. The molecule has 3 unspecified atom stereocenters. The molecule has 1 aromatic heterocycles. The molecule has 1 aromatic rings. The average molecular weight is 319 g/mol. The third-order valence-electron chi connectivity index (χ3n) is 4.37. The van der Waals surface area contributed by atoms with Crippen LogP contribution in [-0.4, -0.2) is 60.4 Å². The van der Waals surface area contributed by atoms with Crippen molar-refractivity contribution < 1.29 is 14.3 Å². The summed E-state index contributed by atoms with van der Waals surface area (Å²) in [7, 11) is 0. The van der Waals surface area contributed by atoms with Gasteiger partial charge in [0.25, 0.3) is 0 Å².